The van der Waals surface area contributed by atoms with E-state index in [2.05, 4.69) is 37.3 Å². The maximum Gasteiger partial charge on any atom is 0.159 e. The summed E-state index contributed by atoms with van der Waals surface area (Å²) >= 11 is 0. The Balaban J connectivity index is 1.38. The quantitative estimate of drug-likeness (QED) is 0.368. The van der Waals surface area contributed by atoms with E-state index in [0.29, 0.717) is 5.56 Å². The Kier molecular flexibility index (Phi) is 6.82. The van der Waals surface area contributed by atoms with Crippen molar-refractivity contribution in [2.24, 2.45) is 11.8 Å². The number of fused-ring (bicyclic) bond motifs is 1. The molecule has 158 valence electrons. The third-order valence-corrected chi connectivity index (χ3v) is 6.93. The molecule has 0 aliphatic heterocycles. The molecule has 0 radical (unpaired) electrons. The molecule has 0 unspecified atom stereocenters. The number of hydrogen-bond donors (Lipinski definition) is 0. The Morgan fingerprint density at radius 2 is 1.33 bits per heavy atom. The van der Waals surface area contributed by atoms with Crippen LogP contribution in [-0.2, 0) is 6.42 Å². The molecule has 1 fully saturated rings. The third kappa shape index (κ3) is 5.09. The molecule has 0 spiro atoms. The van der Waals surface area contributed by atoms with Gasteiger partial charge in [0.05, 0.1) is 0 Å². The van der Waals surface area contributed by atoms with Crippen LogP contribution >= 0.6 is 0 Å². The van der Waals surface area contributed by atoms with E-state index in [1.54, 1.807) is 6.07 Å². The van der Waals surface area contributed by atoms with Crippen LogP contribution in [0.25, 0.3) is 21.9 Å². The summed E-state index contributed by atoms with van der Waals surface area (Å²) in [7, 11) is 0. The summed E-state index contributed by atoms with van der Waals surface area (Å²) in [5.74, 6) is 0.251. The van der Waals surface area contributed by atoms with Crippen LogP contribution in [0.1, 0.15) is 63.9 Å². The Labute approximate surface area is 179 Å². The highest BCUT2D eigenvalue weighted by molar-refractivity contribution is 5.87. The molecular weight excluding hydrogens is 374 g/mol. The standard InChI is InChI=1S/C28H32F2/c1-2-3-4-20-5-7-21(8-6-20)9-10-22-11-12-24-18-25(14-13-23(24)17-22)26-15-16-27(29)28(30)19-26/h11-21H,2-10H2,1H3/t20-,21-. The van der Waals surface area contributed by atoms with Crippen molar-refractivity contribution in [3.63, 3.8) is 0 Å². The van der Waals surface area contributed by atoms with Gasteiger partial charge < -0.3 is 0 Å². The van der Waals surface area contributed by atoms with Gasteiger partial charge in [0.15, 0.2) is 11.6 Å². The lowest BCUT2D eigenvalue weighted by atomic mass is 9.78. The zero-order valence-electron chi connectivity index (χ0n) is 18.0. The Hall–Kier alpha value is -2.22. The SMILES string of the molecule is CCCC[C@H]1CC[C@H](CCc2ccc3cc(-c4ccc(F)c(F)c4)ccc3c2)CC1. The van der Waals surface area contributed by atoms with Gasteiger partial charge in [-0.3, -0.25) is 0 Å². The highest BCUT2D eigenvalue weighted by atomic mass is 19.2. The number of rotatable bonds is 7. The molecule has 0 saturated heterocycles. The van der Waals surface area contributed by atoms with Gasteiger partial charge >= 0.3 is 0 Å². The van der Waals surface area contributed by atoms with E-state index in [9.17, 15) is 8.78 Å². The minimum atomic E-state index is -0.807. The molecular formula is C28H32F2. The van der Waals surface area contributed by atoms with Crippen LogP contribution < -0.4 is 0 Å². The largest absolute Gasteiger partial charge is 0.204 e. The smallest absolute Gasteiger partial charge is 0.159 e. The lowest BCUT2D eigenvalue weighted by Gasteiger charge is -2.28. The molecule has 30 heavy (non-hydrogen) atoms. The minimum absolute atomic E-state index is 0.703. The lowest BCUT2D eigenvalue weighted by Crippen LogP contribution is -2.15. The van der Waals surface area contributed by atoms with Gasteiger partial charge in [-0.15, -0.1) is 0 Å². The highest BCUT2D eigenvalue weighted by Crippen LogP contribution is 2.34. The molecule has 0 amide bonds. The molecule has 3 aromatic carbocycles. The first-order chi connectivity index (χ1) is 14.6. The molecule has 1 aliphatic carbocycles. The van der Waals surface area contributed by atoms with Crippen LogP contribution in [0.2, 0.25) is 0 Å². The second-order valence-corrected chi connectivity index (χ2v) is 9.09. The summed E-state index contributed by atoms with van der Waals surface area (Å²) < 4.78 is 26.8. The van der Waals surface area contributed by atoms with Gasteiger partial charge in [-0.05, 0) is 70.3 Å². The van der Waals surface area contributed by atoms with Crippen molar-refractivity contribution in [3.05, 3.63) is 71.8 Å². The van der Waals surface area contributed by atoms with Gasteiger partial charge in [0.1, 0.15) is 0 Å². The van der Waals surface area contributed by atoms with E-state index >= 15 is 0 Å². The lowest BCUT2D eigenvalue weighted by molar-refractivity contribution is 0.250. The molecule has 2 heteroatoms. The van der Waals surface area contributed by atoms with Crippen molar-refractivity contribution in [2.45, 2.75) is 64.7 Å². The van der Waals surface area contributed by atoms with Gasteiger partial charge in [0.2, 0.25) is 0 Å². The van der Waals surface area contributed by atoms with Gasteiger partial charge in [0.25, 0.3) is 0 Å². The number of aryl methyl sites for hydroxylation is 1. The van der Waals surface area contributed by atoms with Crippen LogP contribution in [-0.4, -0.2) is 0 Å². The van der Waals surface area contributed by atoms with E-state index in [4.69, 9.17) is 0 Å². The first-order valence-corrected chi connectivity index (χ1v) is 11.6. The van der Waals surface area contributed by atoms with E-state index in [-0.39, 0.29) is 0 Å². The van der Waals surface area contributed by atoms with E-state index in [0.717, 1.165) is 29.2 Å². The van der Waals surface area contributed by atoms with Crippen LogP contribution in [0, 0.1) is 23.5 Å². The zero-order chi connectivity index (χ0) is 20.9. The van der Waals surface area contributed by atoms with Gasteiger partial charge in [-0.1, -0.05) is 88.3 Å². The first kappa shape index (κ1) is 21.0. The van der Waals surface area contributed by atoms with Crippen LogP contribution in [0.15, 0.2) is 54.6 Å². The summed E-state index contributed by atoms with van der Waals surface area (Å²) in [4.78, 5) is 0. The van der Waals surface area contributed by atoms with Crippen molar-refractivity contribution in [1.82, 2.24) is 0 Å². The van der Waals surface area contributed by atoms with Crippen LogP contribution in [0.5, 0.6) is 0 Å². The van der Waals surface area contributed by atoms with Crippen molar-refractivity contribution in [1.29, 1.82) is 0 Å². The number of unbranched alkanes of at least 4 members (excludes halogenated alkanes) is 1. The number of hydrogen-bond acceptors (Lipinski definition) is 0. The monoisotopic (exact) mass is 406 g/mol. The fourth-order valence-electron chi connectivity index (χ4n) is 4.98. The van der Waals surface area contributed by atoms with Gasteiger partial charge in [-0.25, -0.2) is 8.78 Å². The first-order valence-electron chi connectivity index (χ1n) is 11.6. The van der Waals surface area contributed by atoms with Gasteiger partial charge in [-0.2, -0.15) is 0 Å². The predicted molar refractivity (Wildman–Crippen MR) is 123 cm³/mol. The molecule has 3 aromatic rings. The maximum atomic E-state index is 13.6. The summed E-state index contributed by atoms with van der Waals surface area (Å²) in [6.07, 6.45) is 12.2. The van der Waals surface area contributed by atoms with E-state index in [1.165, 1.54) is 74.4 Å². The minimum Gasteiger partial charge on any atom is -0.204 e. The molecule has 0 N–H and O–H groups in total. The normalized spacial score (nSPS) is 19.3. The fraction of sp³-hybridized carbons (Fsp3) is 0.429. The highest BCUT2D eigenvalue weighted by Gasteiger charge is 2.20. The zero-order valence-corrected chi connectivity index (χ0v) is 18.0. The average Bonchev–Trinajstić information content (AvgIpc) is 2.78. The molecule has 0 nitrogen and oxygen atoms in total. The Morgan fingerprint density at radius 3 is 2.07 bits per heavy atom. The number of benzene rings is 3. The van der Waals surface area contributed by atoms with Crippen molar-refractivity contribution in [3.8, 4) is 11.1 Å². The topological polar surface area (TPSA) is 0 Å². The number of halogens is 2. The van der Waals surface area contributed by atoms with Crippen molar-refractivity contribution >= 4 is 10.8 Å². The molecule has 1 saturated carbocycles. The van der Waals surface area contributed by atoms with Gasteiger partial charge in [0, 0.05) is 0 Å². The Bertz CT molecular complexity index is 983. The average molecular weight is 407 g/mol. The molecule has 1 aliphatic rings. The van der Waals surface area contributed by atoms with Crippen molar-refractivity contribution < 1.29 is 8.78 Å². The van der Waals surface area contributed by atoms with E-state index in [1.807, 2.05) is 6.07 Å². The third-order valence-electron chi connectivity index (χ3n) is 6.93. The molecule has 0 aromatic heterocycles. The fourth-order valence-corrected chi connectivity index (χ4v) is 4.98. The van der Waals surface area contributed by atoms with E-state index < -0.39 is 11.6 Å². The molecule has 0 atom stereocenters. The van der Waals surface area contributed by atoms with Crippen LogP contribution in [0.3, 0.4) is 0 Å². The maximum absolute atomic E-state index is 13.6. The van der Waals surface area contributed by atoms with Crippen molar-refractivity contribution in [2.75, 3.05) is 0 Å². The summed E-state index contributed by atoms with van der Waals surface area (Å²) in [6, 6.07) is 16.9. The summed E-state index contributed by atoms with van der Waals surface area (Å²) in [6.45, 7) is 2.29. The molecule has 4 rings (SSSR count). The van der Waals surface area contributed by atoms with Crippen LogP contribution in [0.4, 0.5) is 8.78 Å². The summed E-state index contributed by atoms with van der Waals surface area (Å²) in [5, 5.41) is 2.35. The second-order valence-electron chi connectivity index (χ2n) is 9.09. The predicted octanol–water partition coefficient (Wildman–Crippen LogP) is 8.71. The second kappa shape index (κ2) is 9.73. The Morgan fingerprint density at radius 1 is 0.700 bits per heavy atom. The molecule has 0 heterocycles. The summed E-state index contributed by atoms with van der Waals surface area (Å²) in [5.41, 5.74) is 3.01. The molecule has 0 bridgehead atoms.